The second kappa shape index (κ2) is 2.99. The van der Waals surface area contributed by atoms with E-state index in [9.17, 15) is 0 Å². The maximum absolute atomic E-state index is 2.97. The van der Waals surface area contributed by atoms with Crippen LogP contribution in [0, 0.1) is 0 Å². The summed E-state index contributed by atoms with van der Waals surface area (Å²) in [5.74, 6) is 0. The zero-order valence-electron chi connectivity index (χ0n) is 6.68. The molecule has 0 aromatic carbocycles. The predicted octanol–water partition coefficient (Wildman–Crippen LogP) is -1.12. The lowest BCUT2D eigenvalue weighted by atomic mass is 9.76. The van der Waals surface area contributed by atoms with Crippen LogP contribution in [0.3, 0.4) is 0 Å². The average molecular weight is 134 g/mol. The van der Waals surface area contributed by atoms with Gasteiger partial charge in [0, 0.05) is 0 Å². The van der Waals surface area contributed by atoms with Gasteiger partial charge in [-0.05, 0) is 26.3 Å². The summed E-state index contributed by atoms with van der Waals surface area (Å²) in [6.07, 6.45) is 0. The highest BCUT2D eigenvalue weighted by Gasteiger charge is 2.24. The summed E-state index contributed by atoms with van der Waals surface area (Å²) in [6, 6.07) is 0. The van der Waals surface area contributed by atoms with Crippen LogP contribution in [0.4, 0.5) is 0 Å². The van der Waals surface area contributed by atoms with Crippen molar-refractivity contribution in [1.82, 2.24) is 15.0 Å². The lowest BCUT2D eigenvalue weighted by Gasteiger charge is -2.37. The first-order valence-corrected chi connectivity index (χ1v) is 3.39. The van der Waals surface area contributed by atoms with E-state index < -0.39 is 0 Å². The molecule has 1 saturated heterocycles. The van der Waals surface area contributed by atoms with Crippen LogP contribution in [-0.4, -0.2) is 32.9 Å². The lowest BCUT2D eigenvalue weighted by molar-refractivity contribution is 0.370. The molecule has 1 aliphatic heterocycles. The number of hydrogen-bond donors (Lipinski definition) is 2. The summed E-state index contributed by atoms with van der Waals surface area (Å²) in [6.45, 7) is 6.44. The monoisotopic (exact) mass is 134 g/mol. The Hall–Kier alpha value is 0.0748. The zero-order chi connectivity index (χ0) is 7.61. The summed E-state index contributed by atoms with van der Waals surface area (Å²) in [5, 5.41) is 5.95. The van der Waals surface area contributed by atoms with Crippen molar-refractivity contribution < 1.29 is 0 Å². The normalized spacial score (nSPS) is 20.7. The fraction of sp³-hybridized carbons (Fsp3) is 1.00. The highest BCUT2D eigenvalue weighted by molar-refractivity contribution is 6.65. The van der Waals surface area contributed by atoms with Gasteiger partial charge in [-0.2, -0.15) is 0 Å². The quantitative estimate of drug-likeness (QED) is 0.410. The summed E-state index contributed by atoms with van der Waals surface area (Å²) in [4.78, 5) is 0. The van der Waals surface area contributed by atoms with E-state index in [1.165, 1.54) is 0 Å². The molecule has 0 unspecified atom stereocenters. The standard InChI is InChI=1S/C4H11B3N3/c1-4(2,3)10-6-8-5-9-7-10/h8-9H,1-3H3. The van der Waals surface area contributed by atoms with Crippen molar-refractivity contribution in [3.05, 3.63) is 0 Å². The summed E-state index contributed by atoms with van der Waals surface area (Å²) >= 11 is 0. The Morgan fingerprint density at radius 3 is 1.90 bits per heavy atom. The highest BCUT2D eigenvalue weighted by atomic mass is 15.2. The Labute approximate surface area is 64.8 Å². The molecule has 1 rings (SSSR count). The Morgan fingerprint density at radius 1 is 1.10 bits per heavy atom. The van der Waals surface area contributed by atoms with E-state index in [2.05, 4.69) is 35.8 Å². The highest BCUT2D eigenvalue weighted by Crippen LogP contribution is 2.08. The van der Waals surface area contributed by atoms with Crippen LogP contribution in [0.5, 0.6) is 0 Å². The number of rotatable bonds is 0. The number of nitrogens with one attached hydrogen (secondary N) is 2. The molecule has 1 aliphatic rings. The van der Waals surface area contributed by atoms with E-state index in [1.54, 1.807) is 7.55 Å². The Morgan fingerprint density at radius 2 is 1.60 bits per heavy atom. The SMILES string of the molecule is CC(C)(C)N1[B]N[B]N[B]1. The van der Waals surface area contributed by atoms with Crippen LogP contribution in [0.25, 0.3) is 0 Å². The minimum atomic E-state index is 0.147. The van der Waals surface area contributed by atoms with Crippen LogP contribution < -0.4 is 10.3 Å². The Kier molecular flexibility index (Phi) is 2.44. The van der Waals surface area contributed by atoms with Gasteiger partial charge in [0.15, 0.2) is 0 Å². The average Bonchev–Trinajstić information content (AvgIpc) is 1.88. The first kappa shape index (κ1) is 8.17. The minimum absolute atomic E-state index is 0.147. The lowest BCUT2D eigenvalue weighted by Crippen LogP contribution is -2.63. The van der Waals surface area contributed by atoms with Crippen molar-refractivity contribution in [3.63, 3.8) is 0 Å². The van der Waals surface area contributed by atoms with Crippen LogP contribution >= 0.6 is 0 Å². The molecule has 0 atom stereocenters. The number of hydrogen-bond acceptors (Lipinski definition) is 3. The van der Waals surface area contributed by atoms with Gasteiger partial charge in [0.1, 0.15) is 0 Å². The van der Waals surface area contributed by atoms with Gasteiger partial charge in [-0.25, -0.2) is 0 Å². The molecule has 0 spiro atoms. The van der Waals surface area contributed by atoms with E-state index in [-0.39, 0.29) is 5.54 Å². The molecule has 3 nitrogen and oxygen atoms in total. The Balaban J connectivity index is 2.39. The second-order valence-electron chi connectivity index (χ2n) is 3.31. The molecule has 1 fully saturated rings. The van der Waals surface area contributed by atoms with Crippen LogP contribution in [0.2, 0.25) is 0 Å². The fourth-order valence-electron chi connectivity index (χ4n) is 0.708. The van der Waals surface area contributed by atoms with Crippen molar-refractivity contribution in [2.75, 3.05) is 0 Å². The molecule has 3 radical (unpaired) electrons. The van der Waals surface area contributed by atoms with Gasteiger partial charge in [0.05, 0.1) is 0 Å². The smallest absolute Gasteiger partial charge is 0.287 e. The van der Waals surface area contributed by atoms with E-state index in [0.29, 0.717) is 0 Å². The largest absolute Gasteiger partial charge is 0.379 e. The van der Waals surface area contributed by atoms with Gasteiger partial charge >= 0.3 is 0 Å². The van der Waals surface area contributed by atoms with Crippen LogP contribution in [0.1, 0.15) is 20.8 Å². The topological polar surface area (TPSA) is 27.3 Å². The van der Waals surface area contributed by atoms with Crippen molar-refractivity contribution >= 4 is 22.6 Å². The predicted molar refractivity (Wildman–Crippen MR) is 45.1 cm³/mol. The van der Waals surface area contributed by atoms with Gasteiger partial charge in [-0.15, -0.1) is 0 Å². The molecular weight excluding hydrogens is 123 g/mol. The van der Waals surface area contributed by atoms with Crippen LogP contribution in [-0.2, 0) is 0 Å². The van der Waals surface area contributed by atoms with Crippen molar-refractivity contribution in [2.24, 2.45) is 0 Å². The molecular formula is C4H11B3N3. The molecule has 0 bridgehead atoms. The first-order chi connectivity index (χ1) is 4.61. The van der Waals surface area contributed by atoms with E-state index in [4.69, 9.17) is 0 Å². The fourth-order valence-corrected chi connectivity index (χ4v) is 0.708. The summed E-state index contributed by atoms with van der Waals surface area (Å²) < 4.78 is 2.08. The molecule has 0 aliphatic carbocycles. The third-order valence-electron chi connectivity index (χ3n) is 1.37. The van der Waals surface area contributed by atoms with Crippen LogP contribution in [0.15, 0.2) is 0 Å². The molecule has 10 heavy (non-hydrogen) atoms. The molecule has 0 saturated carbocycles. The Bertz CT molecular complexity index is 107. The van der Waals surface area contributed by atoms with Gasteiger partial charge in [-0.1, -0.05) is 0 Å². The molecule has 6 heteroatoms. The van der Waals surface area contributed by atoms with Crippen molar-refractivity contribution in [2.45, 2.75) is 26.3 Å². The maximum atomic E-state index is 2.97. The first-order valence-electron chi connectivity index (χ1n) is 3.39. The molecule has 0 aromatic rings. The zero-order valence-corrected chi connectivity index (χ0v) is 6.68. The van der Waals surface area contributed by atoms with E-state index >= 15 is 0 Å². The van der Waals surface area contributed by atoms with Gasteiger partial charge in [-0.3, -0.25) is 0 Å². The van der Waals surface area contributed by atoms with Crippen molar-refractivity contribution in [1.29, 1.82) is 0 Å². The second-order valence-corrected chi connectivity index (χ2v) is 3.31. The third-order valence-corrected chi connectivity index (χ3v) is 1.37. The summed E-state index contributed by atoms with van der Waals surface area (Å²) in [7, 11) is 5.63. The molecule has 1 heterocycles. The number of nitrogens with zero attached hydrogens (tertiary/aromatic N) is 1. The third kappa shape index (κ3) is 2.04. The van der Waals surface area contributed by atoms with Crippen molar-refractivity contribution in [3.8, 4) is 0 Å². The van der Waals surface area contributed by atoms with Gasteiger partial charge in [0.25, 0.3) is 22.6 Å². The van der Waals surface area contributed by atoms with E-state index in [1.807, 2.05) is 15.1 Å². The minimum Gasteiger partial charge on any atom is -0.379 e. The molecule has 0 amide bonds. The van der Waals surface area contributed by atoms with E-state index in [0.717, 1.165) is 0 Å². The van der Waals surface area contributed by atoms with Gasteiger partial charge in [0.2, 0.25) is 0 Å². The maximum Gasteiger partial charge on any atom is 0.287 e. The molecule has 2 N–H and O–H groups in total. The van der Waals surface area contributed by atoms with Gasteiger partial charge < -0.3 is 15.0 Å². The summed E-state index contributed by atoms with van der Waals surface area (Å²) in [5.41, 5.74) is 0.147. The molecule has 51 valence electrons. The molecule has 0 aromatic heterocycles.